The smallest absolute Gasteiger partial charge is 0.246 e. The standard InChI is InChI=1S/C14H19N3O3S.ClH/c1-17(12-5-7-16-8-6-12)21(18,19)14-4-3-11(10-15)9-13(14)20-2;/h3-4,9,12,16H,5-8H2,1-2H3;1H. The molecule has 0 aromatic heterocycles. The van der Waals surface area contributed by atoms with Crippen molar-refractivity contribution in [3.05, 3.63) is 23.8 Å². The number of sulfonamides is 1. The Morgan fingerprint density at radius 2 is 2.00 bits per heavy atom. The SMILES string of the molecule is COc1cc(C#N)ccc1S(=O)(=O)N(C)C1CCNCC1.Cl. The van der Waals surface area contributed by atoms with Crippen molar-refractivity contribution in [2.75, 3.05) is 27.2 Å². The fraction of sp³-hybridized carbons (Fsp3) is 0.500. The van der Waals surface area contributed by atoms with Gasteiger partial charge in [-0.2, -0.15) is 9.57 Å². The zero-order valence-corrected chi connectivity index (χ0v) is 14.2. The zero-order valence-electron chi connectivity index (χ0n) is 12.6. The fourth-order valence-electron chi connectivity index (χ4n) is 2.47. The van der Waals surface area contributed by atoms with E-state index in [1.54, 1.807) is 7.05 Å². The van der Waals surface area contributed by atoms with Gasteiger partial charge in [0.2, 0.25) is 10.0 Å². The first-order chi connectivity index (χ1) is 10.0. The van der Waals surface area contributed by atoms with E-state index in [1.165, 1.54) is 29.6 Å². The first-order valence-electron chi connectivity index (χ1n) is 6.77. The van der Waals surface area contributed by atoms with Crippen LogP contribution in [0.4, 0.5) is 0 Å². The van der Waals surface area contributed by atoms with Crippen LogP contribution in [0, 0.1) is 11.3 Å². The number of hydrogen-bond acceptors (Lipinski definition) is 5. The molecule has 8 heteroatoms. The molecule has 0 radical (unpaired) electrons. The Morgan fingerprint density at radius 3 is 2.55 bits per heavy atom. The van der Waals surface area contributed by atoms with Crippen LogP contribution in [-0.2, 0) is 10.0 Å². The van der Waals surface area contributed by atoms with Crippen molar-refractivity contribution in [1.82, 2.24) is 9.62 Å². The Hall–Kier alpha value is -1.33. The molecule has 1 saturated heterocycles. The molecule has 1 aliphatic rings. The molecule has 122 valence electrons. The number of nitrogens with zero attached hydrogens (tertiary/aromatic N) is 2. The minimum absolute atomic E-state index is 0. The van der Waals surface area contributed by atoms with Crippen LogP contribution in [-0.4, -0.2) is 46.0 Å². The van der Waals surface area contributed by atoms with Crippen LogP contribution in [0.5, 0.6) is 5.75 Å². The van der Waals surface area contributed by atoms with E-state index in [4.69, 9.17) is 10.00 Å². The number of hydrogen-bond donors (Lipinski definition) is 1. The Morgan fingerprint density at radius 1 is 1.36 bits per heavy atom. The second-order valence-electron chi connectivity index (χ2n) is 4.98. The van der Waals surface area contributed by atoms with Crippen LogP contribution in [0.3, 0.4) is 0 Å². The van der Waals surface area contributed by atoms with Gasteiger partial charge in [0.1, 0.15) is 10.6 Å². The Balaban J connectivity index is 0.00000242. The Bertz CT molecular complexity index is 652. The predicted molar refractivity (Wildman–Crippen MR) is 85.8 cm³/mol. The summed E-state index contributed by atoms with van der Waals surface area (Å²) in [6.45, 7) is 1.63. The predicted octanol–water partition coefficient (Wildman–Crippen LogP) is 1.36. The van der Waals surface area contributed by atoms with Crippen molar-refractivity contribution < 1.29 is 13.2 Å². The summed E-state index contributed by atoms with van der Waals surface area (Å²) in [6.07, 6.45) is 1.57. The van der Waals surface area contributed by atoms with Crippen LogP contribution in [0.25, 0.3) is 0 Å². The highest BCUT2D eigenvalue weighted by Gasteiger charge is 2.31. The van der Waals surface area contributed by atoms with Gasteiger partial charge < -0.3 is 10.1 Å². The molecule has 1 N–H and O–H groups in total. The lowest BCUT2D eigenvalue weighted by Gasteiger charge is -2.31. The van der Waals surface area contributed by atoms with E-state index < -0.39 is 10.0 Å². The molecule has 0 atom stereocenters. The van der Waals surface area contributed by atoms with E-state index in [-0.39, 0.29) is 29.1 Å². The summed E-state index contributed by atoms with van der Waals surface area (Å²) in [5.41, 5.74) is 0.371. The van der Waals surface area contributed by atoms with Crippen LogP contribution in [0.2, 0.25) is 0 Å². The van der Waals surface area contributed by atoms with Crippen molar-refractivity contribution in [1.29, 1.82) is 5.26 Å². The van der Waals surface area contributed by atoms with Gasteiger partial charge in [0.15, 0.2) is 0 Å². The summed E-state index contributed by atoms with van der Waals surface area (Å²) < 4.78 is 32.1. The van der Waals surface area contributed by atoms with Gasteiger partial charge in [-0.1, -0.05) is 0 Å². The molecule has 22 heavy (non-hydrogen) atoms. The quantitative estimate of drug-likeness (QED) is 0.891. The molecule has 1 heterocycles. The largest absolute Gasteiger partial charge is 0.495 e. The lowest BCUT2D eigenvalue weighted by molar-refractivity contribution is 0.295. The highest BCUT2D eigenvalue weighted by molar-refractivity contribution is 7.89. The third kappa shape index (κ3) is 3.70. The van der Waals surface area contributed by atoms with Gasteiger partial charge in [0.25, 0.3) is 0 Å². The normalized spacial score (nSPS) is 15.9. The van der Waals surface area contributed by atoms with Gasteiger partial charge in [0.05, 0.1) is 18.7 Å². The summed E-state index contributed by atoms with van der Waals surface area (Å²) >= 11 is 0. The van der Waals surface area contributed by atoms with Crippen LogP contribution in [0.15, 0.2) is 23.1 Å². The van der Waals surface area contributed by atoms with Crippen molar-refractivity contribution in [3.8, 4) is 11.8 Å². The maximum Gasteiger partial charge on any atom is 0.246 e. The Kier molecular flexibility index (Phi) is 6.63. The highest BCUT2D eigenvalue weighted by atomic mass is 35.5. The molecular formula is C14H20ClN3O3S. The second kappa shape index (κ2) is 7.79. The first-order valence-corrected chi connectivity index (χ1v) is 8.21. The number of methoxy groups -OCH3 is 1. The first kappa shape index (κ1) is 18.7. The third-order valence-electron chi connectivity index (χ3n) is 3.77. The number of piperidine rings is 1. The number of ether oxygens (including phenoxy) is 1. The number of benzene rings is 1. The van der Waals surface area contributed by atoms with E-state index in [2.05, 4.69) is 5.32 Å². The van der Waals surface area contributed by atoms with Gasteiger partial charge in [-0.25, -0.2) is 8.42 Å². The molecule has 1 aromatic rings. The van der Waals surface area contributed by atoms with Crippen molar-refractivity contribution in [3.63, 3.8) is 0 Å². The molecule has 1 fully saturated rings. The molecule has 6 nitrogen and oxygen atoms in total. The fourth-order valence-corrected chi connectivity index (χ4v) is 4.02. The maximum absolute atomic E-state index is 12.8. The molecule has 0 spiro atoms. The molecule has 1 aromatic carbocycles. The minimum atomic E-state index is -3.64. The summed E-state index contributed by atoms with van der Waals surface area (Å²) in [4.78, 5) is 0.102. The van der Waals surface area contributed by atoms with Crippen LogP contribution < -0.4 is 10.1 Å². The van der Waals surface area contributed by atoms with Crippen LogP contribution in [0.1, 0.15) is 18.4 Å². The molecule has 0 amide bonds. The van der Waals surface area contributed by atoms with Crippen molar-refractivity contribution in [2.24, 2.45) is 0 Å². The van der Waals surface area contributed by atoms with Gasteiger partial charge in [0, 0.05) is 13.1 Å². The van der Waals surface area contributed by atoms with Crippen LogP contribution >= 0.6 is 12.4 Å². The third-order valence-corrected chi connectivity index (χ3v) is 5.72. The summed E-state index contributed by atoms with van der Waals surface area (Å²) in [7, 11) is -0.632. The van der Waals surface area contributed by atoms with E-state index in [1.807, 2.05) is 6.07 Å². The lowest BCUT2D eigenvalue weighted by Crippen LogP contribution is -2.43. The van der Waals surface area contributed by atoms with E-state index in [9.17, 15) is 8.42 Å². The highest BCUT2D eigenvalue weighted by Crippen LogP contribution is 2.29. The summed E-state index contributed by atoms with van der Waals surface area (Å²) in [5.74, 6) is 0.204. The zero-order chi connectivity index (χ0) is 15.5. The van der Waals surface area contributed by atoms with E-state index in [0.717, 1.165) is 25.9 Å². The van der Waals surface area contributed by atoms with E-state index >= 15 is 0 Å². The lowest BCUT2D eigenvalue weighted by atomic mass is 10.1. The van der Waals surface area contributed by atoms with Gasteiger partial charge >= 0.3 is 0 Å². The number of halogens is 1. The summed E-state index contributed by atoms with van der Waals surface area (Å²) in [5, 5.41) is 12.1. The maximum atomic E-state index is 12.8. The minimum Gasteiger partial charge on any atom is -0.495 e. The number of nitriles is 1. The van der Waals surface area contributed by atoms with E-state index in [0.29, 0.717) is 5.56 Å². The summed E-state index contributed by atoms with van der Waals surface area (Å²) in [6, 6.07) is 6.33. The van der Waals surface area contributed by atoms with Crippen molar-refractivity contribution in [2.45, 2.75) is 23.8 Å². The number of rotatable bonds is 4. The van der Waals surface area contributed by atoms with Gasteiger partial charge in [-0.15, -0.1) is 12.4 Å². The molecular weight excluding hydrogens is 326 g/mol. The monoisotopic (exact) mass is 345 g/mol. The molecule has 1 aliphatic heterocycles. The average molecular weight is 346 g/mol. The molecule has 0 aliphatic carbocycles. The van der Waals surface area contributed by atoms with Gasteiger partial charge in [-0.05, 0) is 44.1 Å². The molecule has 2 rings (SSSR count). The molecule has 0 saturated carbocycles. The van der Waals surface area contributed by atoms with Crippen molar-refractivity contribution >= 4 is 22.4 Å². The van der Waals surface area contributed by atoms with Gasteiger partial charge in [-0.3, -0.25) is 0 Å². The molecule has 0 unspecified atom stereocenters. The number of nitrogens with one attached hydrogen (secondary N) is 1. The molecule has 0 bridgehead atoms. The average Bonchev–Trinajstić information content (AvgIpc) is 2.54. The Labute approximate surface area is 137 Å². The second-order valence-corrected chi connectivity index (χ2v) is 6.95. The topological polar surface area (TPSA) is 82.4 Å².